The molecule has 0 amide bonds. The lowest BCUT2D eigenvalue weighted by Crippen LogP contribution is -1.95. The molecule has 0 aromatic heterocycles. The largest absolute Gasteiger partial charge is 0.339 e. The first-order chi connectivity index (χ1) is 3.06. The smallest absolute Gasteiger partial charge is 0.123 e. The second-order valence-corrected chi connectivity index (χ2v) is 5.58. The van der Waals surface area contributed by atoms with E-state index in [0.717, 1.165) is 0 Å². The molecule has 0 heterocycles. The van der Waals surface area contributed by atoms with E-state index in [0.29, 0.717) is 6.61 Å². The molecule has 0 radical (unpaired) electrons. The van der Waals surface area contributed by atoms with E-state index in [-0.39, 0.29) is 0 Å². The van der Waals surface area contributed by atoms with E-state index in [2.05, 4.69) is 0 Å². The molecule has 2 nitrogen and oxygen atoms in total. The molecule has 1 unspecified atom stereocenters. The quantitative estimate of drug-likeness (QED) is 0.578. The van der Waals surface area contributed by atoms with Crippen LogP contribution in [0.15, 0.2) is 0 Å². The standard InChI is InChI=1S/C3H10NOPS/c1-3-5-6(2,4)7/h3H2,1-2H3,(H2,4,7). The predicted octanol–water partition coefficient (Wildman–Crippen LogP) is 0.921. The summed E-state index contributed by atoms with van der Waals surface area (Å²) in [6, 6.07) is 0. The summed E-state index contributed by atoms with van der Waals surface area (Å²) in [5, 5.41) is 0. The van der Waals surface area contributed by atoms with Gasteiger partial charge in [0.05, 0.1) is 6.61 Å². The Hall–Kier alpha value is 0.570. The second kappa shape index (κ2) is 2.78. The number of hydrogen-bond acceptors (Lipinski definition) is 2. The van der Waals surface area contributed by atoms with E-state index in [1.165, 1.54) is 0 Å². The van der Waals surface area contributed by atoms with Crippen LogP contribution in [0.25, 0.3) is 0 Å². The van der Waals surface area contributed by atoms with Gasteiger partial charge in [-0.1, -0.05) is 11.8 Å². The summed E-state index contributed by atoms with van der Waals surface area (Å²) in [7, 11) is 0. The van der Waals surface area contributed by atoms with Crippen molar-refractivity contribution in [3.05, 3.63) is 0 Å². The maximum Gasteiger partial charge on any atom is 0.123 e. The van der Waals surface area contributed by atoms with Crippen LogP contribution in [-0.2, 0) is 16.3 Å². The first kappa shape index (κ1) is 7.57. The minimum absolute atomic E-state index is 0.629. The van der Waals surface area contributed by atoms with Crippen molar-refractivity contribution in [3.63, 3.8) is 0 Å². The molecule has 44 valence electrons. The minimum Gasteiger partial charge on any atom is -0.339 e. The molecule has 0 saturated carbocycles. The highest BCUT2D eigenvalue weighted by molar-refractivity contribution is 8.10. The van der Waals surface area contributed by atoms with Crippen LogP contribution in [-0.4, -0.2) is 13.3 Å². The third kappa shape index (κ3) is 6.57. The van der Waals surface area contributed by atoms with Crippen molar-refractivity contribution in [3.8, 4) is 0 Å². The Morgan fingerprint density at radius 1 is 1.86 bits per heavy atom. The highest BCUT2D eigenvalue weighted by Crippen LogP contribution is 2.31. The van der Waals surface area contributed by atoms with Gasteiger partial charge in [-0.05, 0) is 6.92 Å². The average molecular weight is 139 g/mol. The van der Waals surface area contributed by atoms with E-state index in [4.69, 9.17) is 21.8 Å². The fourth-order valence-corrected chi connectivity index (χ4v) is 1.09. The molecular formula is C3H10NOPS. The molecule has 0 aliphatic carbocycles. The minimum atomic E-state index is -1.83. The van der Waals surface area contributed by atoms with Gasteiger partial charge in [0, 0.05) is 6.66 Å². The highest BCUT2D eigenvalue weighted by atomic mass is 32.4. The Balaban J connectivity index is 3.36. The van der Waals surface area contributed by atoms with E-state index in [1.807, 2.05) is 6.92 Å². The summed E-state index contributed by atoms with van der Waals surface area (Å²) in [6.45, 7) is 4.27. The van der Waals surface area contributed by atoms with Gasteiger partial charge in [-0.2, -0.15) is 0 Å². The second-order valence-electron chi connectivity index (χ2n) is 1.33. The predicted molar refractivity (Wildman–Crippen MR) is 36.0 cm³/mol. The number of hydrogen-bond donors (Lipinski definition) is 1. The molecule has 0 aliphatic rings. The average Bonchev–Trinajstić information content (AvgIpc) is 1.30. The van der Waals surface area contributed by atoms with Crippen molar-refractivity contribution in [2.24, 2.45) is 5.50 Å². The van der Waals surface area contributed by atoms with E-state index < -0.39 is 6.42 Å². The van der Waals surface area contributed by atoms with Crippen LogP contribution in [0.5, 0.6) is 0 Å². The summed E-state index contributed by atoms with van der Waals surface area (Å²) in [4.78, 5) is 0. The van der Waals surface area contributed by atoms with Gasteiger partial charge in [-0.25, -0.2) is 0 Å². The Bertz CT molecular complexity index is 88.9. The van der Waals surface area contributed by atoms with Crippen molar-refractivity contribution in [1.29, 1.82) is 0 Å². The van der Waals surface area contributed by atoms with Crippen LogP contribution < -0.4 is 5.50 Å². The molecule has 0 fully saturated rings. The zero-order chi connectivity index (χ0) is 5.91. The van der Waals surface area contributed by atoms with E-state index in [9.17, 15) is 0 Å². The summed E-state index contributed by atoms with van der Waals surface area (Å²) in [5.41, 5.74) is 5.35. The summed E-state index contributed by atoms with van der Waals surface area (Å²) in [6.07, 6.45) is -1.83. The van der Waals surface area contributed by atoms with E-state index >= 15 is 0 Å². The molecule has 0 rings (SSSR count). The molecule has 0 spiro atoms. The van der Waals surface area contributed by atoms with Crippen molar-refractivity contribution in [2.75, 3.05) is 13.3 Å². The van der Waals surface area contributed by atoms with Gasteiger partial charge in [-0.15, -0.1) is 0 Å². The SMILES string of the molecule is CCOP(C)(N)=S. The van der Waals surface area contributed by atoms with Gasteiger partial charge in [0.1, 0.15) is 6.42 Å². The van der Waals surface area contributed by atoms with Crippen molar-refractivity contribution < 1.29 is 4.52 Å². The maximum atomic E-state index is 5.35. The van der Waals surface area contributed by atoms with Crippen LogP contribution in [0.1, 0.15) is 6.92 Å². The Morgan fingerprint density at radius 2 is 2.29 bits per heavy atom. The Kier molecular flexibility index (Phi) is 3.00. The molecule has 7 heavy (non-hydrogen) atoms. The topological polar surface area (TPSA) is 35.2 Å². The lowest BCUT2D eigenvalue weighted by Gasteiger charge is -2.07. The lowest BCUT2D eigenvalue weighted by molar-refractivity contribution is 0.379. The summed E-state index contributed by atoms with van der Waals surface area (Å²) < 4.78 is 4.93. The van der Waals surface area contributed by atoms with Crippen molar-refractivity contribution in [2.45, 2.75) is 6.92 Å². The fraction of sp³-hybridized carbons (Fsp3) is 1.00. The molecule has 0 saturated heterocycles. The van der Waals surface area contributed by atoms with Gasteiger partial charge in [0.25, 0.3) is 0 Å². The maximum absolute atomic E-state index is 5.35. The van der Waals surface area contributed by atoms with E-state index in [1.54, 1.807) is 6.66 Å². The molecule has 1 atom stereocenters. The normalized spacial score (nSPS) is 18.7. The van der Waals surface area contributed by atoms with Crippen LogP contribution in [0, 0.1) is 0 Å². The van der Waals surface area contributed by atoms with Crippen LogP contribution in [0.4, 0.5) is 0 Å². The van der Waals surface area contributed by atoms with Crippen LogP contribution in [0.3, 0.4) is 0 Å². The zero-order valence-corrected chi connectivity index (χ0v) is 6.26. The van der Waals surface area contributed by atoms with Crippen molar-refractivity contribution in [1.82, 2.24) is 0 Å². The summed E-state index contributed by atoms with van der Waals surface area (Å²) >= 11 is 4.75. The lowest BCUT2D eigenvalue weighted by atomic mass is 10.9. The molecule has 2 N–H and O–H groups in total. The fourth-order valence-electron chi connectivity index (χ4n) is 0.256. The van der Waals surface area contributed by atoms with Gasteiger partial charge in [-0.3, -0.25) is 5.50 Å². The molecule has 0 bridgehead atoms. The molecule has 0 aromatic carbocycles. The van der Waals surface area contributed by atoms with Crippen LogP contribution in [0.2, 0.25) is 0 Å². The van der Waals surface area contributed by atoms with Gasteiger partial charge in [0.2, 0.25) is 0 Å². The van der Waals surface area contributed by atoms with Gasteiger partial charge in [0.15, 0.2) is 0 Å². The van der Waals surface area contributed by atoms with Crippen LogP contribution >= 0.6 is 6.42 Å². The zero-order valence-electron chi connectivity index (χ0n) is 4.55. The first-order valence-corrected chi connectivity index (χ1v) is 5.30. The van der Waals surface area contributed by atoms with Gasteiger partial charge >= 0.3 is 0 Å². The molecule has 0 aromatic rings. The van der Waals surface area contributed by atoms with Crippen molar-refractivity contribution >= 4 is 18.2 Å². The Labute approximate surface area is 49.2 Å². The monoisotopic (exact) mass is 139 g/mol. The number of rotatable bonds is 2. The first-order valence-electron chi connectivity index (χ1n) is 2.07. The summed E-state index contributed by atoms with van der Waals surface area (Å²) in [5.74, 6) is 0. The molecule has 4 heteroatoms. The third-order valence-corrected chi connectivity index (χ3v) is 1.47. The third-order valence-electron chi connectivity index (χ3n) is 0.385. The number of nitrogens with two attached hydrogens (primary N) is 1. The Morgan fingerprint density at radius 3 is 2.29 bits per heavy atom. The van der Waals surface area contributed by atoms with Gasteiger partial charge < -0.3 is 4.52 Å². The molecule has 0 aliphatic heterocycles. The molecular weight excluding hydrogens is 129 g/mol. The highest BCUT2D eigenvalue weighted by Gasteiger charge is 1.96.